The molecular formula is C11H13F3N6OS. The average Bonchev–Trinajstić information content (AvgIpc) is 3.07. The molecule has 0 aliphatic rings. The predicted molar refractivity (Wildman–Crippen MR) is 73.2 cm³/mol. The maximum absolute atomic E-state index is 12.4. The molecule has 0 saturated carbocycles. The van der Waals surface area contributed by atoms with E-state index in [-0.39, 0.29) is 13.1 Å². The van der Waals surface area contributed by atoms with E-state index in [1.165, 1.54) is 7.05 Å². The lowest BCUT2D eigenvalue weighted by molar-refractivity contribution is -0.140. The molecule has 0 amide bonds. The highest BCUT2D eigenvalue weighted by atomic mass is 32.1. The minimum absolute atomic E-state index is 0.128. The molecule has 2 rings (SSSR count). The van der Waals surface area contributed by atoms with Crippen molar-refractivity contribution < 1.29 is 17.7 Å². The Kier molecular flexibility index (Phi) is 4.96. The molecule has 0 radical (unpaired) electrons. The third-order valence-corrected chi connectivity index (χ3v) is 3.30. The van der Waals surface area contributed by atoms with E-state index in [0.29, 0.717) is 22.7 Å². The number of rotatable bonds is 4. The zero-order chi connectivity index (χ0) is 16.2. The van der Waals surface area contributed by atoms with Gasteiger partial charge in [-0.2, -0.15) is 18.2 Å². The molecule has 2 aromatic heterocycles. The Morgan fingerprint density at radius 2 is 2.05 bits per heavy atom. The highest BCUT2D eigenvalue weighted by Crippen LogP contribution is 2.29. The van der Waals surface area contributed by atoms with Gasteiger partial charge in [0.1, 0.15) is 5.01 Å². The summed E-state index contributed by atoms with van der Waals surface area (Å²) in [7, 11) is 1.54. The van der Waals surface area contributed by atoms with Gasteiger partial charge in [0.15, 0.2) is 17.5 Å². The average molecular weight is 334 g/mol. The van der Waals surface area contributed by atoms with Crippen molar-refractivity contribution in [2.24, 2.45) is 4.99 Å². The molecule has 11 heteroatoms. The summed E-state index contributed by atoms with van der Waals surface area (Å²) in [5.74, 6) is 1.29. The molecule has 0 aromatic carbocycles. The Bertz CT molecular complexity index is 650. The van der Waals surface area contributed by atoms with E-state index >= 15 is 0 Å². The molecule has 2 N–H and O–H groups in total. The number of aromatic nitrogens is 3. The second-order valence-electron chi connectivity index (χ2n) is 4.14. The molecule has 7 nitrogen and oxygen atoms in total. The second kappa shape index (κ2) is 6.73. The maximum Gasteiger partial charge on any atom is 0.434 e. The quantitative estimate of drug-likeness (QED) is 0.654. The Balaban J connectivity index is 1.85. The smallest absolute Gasteiger partial charge is 0.350 e. The molecule has 0 bridgehead atoms. The van der Waals surface area contributed by atoms with Crippen molar-refractivity contribution in [2.75, 3.05) is 7.05 Å². The fraction of sp³-hybridized carbons (Fsp3) is 0.455. The zero-order valence-electron chi connectivity index (χ0n) is 11.7. The monoisotopic (exact) mass is 334 g/mol. The molecule has 2 heterocycles. The van der Waals surface area contributed by atoms with E-state index in [1.54, 1.807) is 6.92 Å². The molecule has 0 aliphatic heterocycles. The number of guanidine groups is 1. The van der Waals surface area contributed by atoms with Crippen LogP contribution in [0.2, 0.25) is 0 Å². The lowest BCUT2D eigenvalue weighted by Crippen LogP contribution is -2.36. The minimum atomic E-state index is -4.43. The van der Waals surface area contributed by atoms with Crippen molar-refractivity contribution in [1.82, 2.24) is 25.8 Å². The first-order chi connectivity index (χ1) is 10.4. The number of thiazole rings is 1. The number of hydrogen-bond acceptors (Lipinski definition) is 6. The number of halogens is 3. The summed E-state index contributed by atoms with van der Waals surface area (Å²) >= 11 is 0.929. The van der Waals surface area contributed by atoms with Gasteiger partial charge in [-0.15, -0.1) is 11.3 Å². The first-order valence-corrected chi connectivity index (χ1v) is 7.01. The Morgan fingerprint density at radius 3 is 2.59 bits per heavy atom. The second-order valence-corrected chi connectivity index (χ2v) is 5.08. The number of aliphatic imine (C=N–C) groups is 1. The number of nitrogens with one attached hydrogen (secondary N) is 2. The molecule has 22 heavy (non-hydrogen) atoms. The van der Waals surface area contributed by atoms with Gasteiger partial charge < -0.3 is 15.2 Å². The summed E-state index contributed by atoms with van der Waals surface area (Å²) in [6.45, 7) is 2.08. The minimum Gasteiger partial charge on any atom is -0.350 e. The van der Waals surface area contributed by atoms with Gasteiger partial charge in [-0.1, -0.05) is 5.16 Å². The fourth-order valence-corrected chi connectivity index (χ4v) is 2.21. The summed E-state index contributed by atoms with van der Waals surface area (Å²) < 4.78 is 42.2. The van der Waals surface area contributed by atoms with Crippen LogP contribution in [-0.4, -0.2) is 28.1 Å². The van der Waals surface area contributed by atoms with Crippen LogP contribution in [0, 0.1) is 6.92 Å². The van der Waals surface area contributed by atoms with Gasteiger partial charge in [-0.3, -0.25) is 4.99 Å². The predicted octanol–water partition coefficient (Wildman–Crippen LogP) is 1.72. The van der Waals surface area contributed by atoms with E-state index in [2.05, 4.69) is 30.8 Å². The van der Waals surface area contributed by atoms with Crippen molar-refractivity contribution >= 4 is 17.3 Å². The van der Waals surface area contributed by atoms with Crippen molar-refractivity contribution in [1.29, 1.82) is 0 Å². The van der Waals surface area contributed by atoms with Crippen molar-refractivity contribution in [3.8, 4) is 0 Å². The Morgan fingerprint density at radius 1 is 1.32 bits per heavy atom. The molecule has 0 atom stereocenters. The third-order valence-electron chi connectivity index (χ3n) is 2.45. The van der Waals surface area contributed by atoms with E-state index in [4.69, 9.17) is 4.52 Å². The first-order valence-electron chi connectivity index (χ1n) is 6.14. The van der Waals surface area contributed by atoms with Crippen molar-refractivity contribution in [3.05, 3.63) is 27.8 Å². The van der Waals surface area contributed by atoms with Crippen LogP contribution in [0.4, 0.5) is 13.2 Å². The lowest BCUT2D eigenvalue weighted by atomic mass is 10.5. The van der Waals surface area contributed by atoms with Crippen LogP contribution in [-0.2, 0) is 19.3 Å². The van der Waals surface area contributed by atoms with Crippen LogP contribution in [0.5, 0.6) is 0 Å². The van der Waals surface area contributed by atoms with Crippen LogP contribution in [0.3, 0.4) is 0 Å². The number of alkyl halides is 3. The van der Waals surface area contributed by atoms with Crippen LogP contribution in [0.25, 0.3) is 0 Å². The number of aryl methyl sites for hydroxylation is 1. The van der Waals surface area contributed by atoms with E-state index < -0.39 is 11.9 Å². The maximum atomic E-state index is 12.4. The van der Waals surface area contributed by atoms with Gasteiger partial charge in [-0.25, -0.2) is 4.98 Å². The van der Waals surface area contributed by atoms with Crippen LogP contribution in [0.1, 0.15) is 22.4 Å². The highest BCUT2D eigenvalue weighted by Gasteiger charge is 2.33. The number of nitrogens with zero attached hydrogens (tertiary/aromatic N) is 4. The zero-order valence-corrected chi connectivity index (χ0v) is 12.5. The largest absolute Gasteiger partial charge is 0.434 e. The summed E-state index contributed by atoms with van der Waals surface area (Å²) in [5, 5.41) is 10.7. The standard InChI is InChI=1S/C11H13F3N6OS/c1-6-18-8(21-20-6)3-16-10(15-2)17-4-9-19-7(5-22-9)11(12,13)14/h5H,3-4H2,1-2H3,(H2,15,16,17). The van der Waals surface area contributed by atoms with Crippen LogP contribution >= 0.6 is 11.3 Å². The highest BCUT2D eigenvalue weighted by molar-refractivity contribution is 7.09. The molecule has 2 aromatic rings. The van der Waals surface area contributed by atoms with Crippen LogP contribution < -0.4 is 10.6 Å². The Hall–Kier alpha value is -2.17. The molecular weight excluding hydrogens is 321 g/mol. The topological polar surface area (TPSA) is 88.2 Å². The SMILES string of the molecule is CN=C(NCc1nc(C)no1)NCc1nc(C(F)(F)F)cs1. The fourth-order valence-electron chi connectivity index (χ4n) is 1.47. The molecule has 0 unspecified atom stereocenters. The summed E-state index contributed by atoms with van der Waals surface area (Å²) in [5.41, 5.74) is -0.890. The van der Waals surface area contributed by atoms with Gasteiger partial charge in [0.25, 0.3) is 0 Å². The summed E-state index contributed by atoms with van der Waals surface area (Å²) in [4.78, 5) is 11.5. The van der Waals surface area contributed by atoms with Gasteiger partial charge in [-0.05, 0) is 6.92 Å². The molecule has 0 aliphatic carbocycles. The van der Waals surface area contributed by atoms with Crippen molar-refractivity contribution in [3.63, 3.8) is 0 Å². The lowest BCUT2D eigenvalue weighted by Gasteiger charge is -2.08. The molecule has 0 fully saturated rings. The van der Waals surface area contributed by atoms with Gasteiger partial charge in [0.05, 0.1) is 13.1 Å². The van der Waals surface area contributed by atoms with Gasteiger partial charge >= 0.3 is 6.18 Å². The molecule has 120 valence electrons. The third kappa shape index (κ3) is 4.41. The van der Waals surface area contributed by atoms with Crippen LogP contribution in [0.15, 0.2) is 14.9 Å². The summed E-state index contributed by atoms with van der Waals surface area (Å²) in [6, 6.07) is 0. The van der Waals surface area contributed by atoms with E-state index in [9.17, 15) is 13.2 Å². The first kappa shape index (κ1) is 16.2. The summed E-state index contributed by atoms with van der Waals surface area (Å²) in [6.07, 6.45) is -4.43. The van der Waals surface area contributed by atoms with Crippen molar-refractivity contribution in [2.45, 2.75) is 26.2 Å². The Labute approximate surface area is 127 Å². The normalized spacial score (nSPS) is 12.5. The molecule has 0 saturated heterocycles. The van der Waals surface area contributed by atoms with Gasteiger partial charge in [0, 0.05) is 12.4 Å². The number of hydrogen-bond donors (Lipinski definition) is 2. The van der Waals surface area contributed by atoms with E-state index in [0.717, 1.165) is 16.7 Å². The van der Waals surface area contributed by atoms with E-state index in [1.807, 2.05) is 0 Å². The van der Waals surface area contributed by atoms with Gasteiger partial charge in [0.2, 0.25) is 5.89 Å². The molecule has 0 spiro atoms.